The summed E-state index contributed by atoms with van der Waals surface area (Å²) in [7, 11) is 1.50. The first-order chi connectivity index (χ1) is 10.1. The summed E-state index contributed by atoms with van der Waals surface area (Å²) in [5.41, 5.74) is 6.05. The molecule has 0 saturated carbocycles. The quantitative estimate of drug-likeness (QED) is 0.619. The number of amides is 1. The molecule has 21 heavy (non-hydrogen) atoms. The molecule has 1 amide bonds. The highest BCUT2D eigenvalue weighted by Crippen LogP contribution is 2.25. The number of nitro benzene ring substituents is 1. The van der Waals surface area contributed by atoms with Gasteiger partial charge in [0.2, 0.25) is 0 Å². The topological polar surface area (TPSA) is 116 Å². The van der Waals surface area contributed by atoms with Crippen molar-refractivity contribution in [1.82, 2.24) is 14.9 Å². The fraction of sp³-hybridized carbons (Fsp3) is 0.231. The van der Waals surface area contributed by atoms with Crippen molar-refractivity contribution < 1.29 is 9.72 Å². The molecule has 2 rings (SSSR count). The normalized spacial score (nSPS) is 10.4. The summed E-state index contributed by atoms with van der Waals surface area (Å²) >= 11 is 0. The van der Waals surface area contributed by atoms with Crippen LogP contribution >= 0.6 is 0 Å². The van der Waals surface area contributed by atoms with Crippen LogP contribution in [0.3, 0.4) is 0 Å². The first-order valence-electron chi connectivity index (χ1n) is 6.31. The van der Waals surface area contributed by atoms with Gasteiger partial charge in [-0.3, -0.25) is 19.5 Å². The van der Waals surface area contributed by atoms with E-state index in [1.165, 1.54) is 25.2 Å². The van der Waals surface area contributed by atoms with Crippen LogP contribution in [0.15, 0.2) is 30.6 Å². The van der Waals surface area contributed by atoms with E-state index in [2.05, 4.69) is 10.3 Å². The van der Waals surface area contributed by atoms with Gasteiger partial charge in [-0.2, -0.15) is 0 Å². The zero-order valence-corrected chi connectivity index (χ0v) is 11.4. The summed E-state index contributed by atoms with van der Waals surface area (Å²) in [4.78, 5) is 26.5. The Labute approximate surface area is 120 Å². The van der Waals surface area contributed by atoms with Gasteiger partial charge in [0, 0.05) is 37.5 Å². The molecule has 1 aromatic carbocycles. The van der Waals surface area contributed by atoms with Gasteiger partial charge in [0.1, 0.15) is 11.5 Å². The third kappa shape index (κ3) is 2.90. The average molecular weight is 289 g/mol. The number of nitro groups is 1. The van der Waals surface area contributed by atoms with Crippen LogP contribution in [-0.2, 0) is 6.42 Å². The van der Waals surface area contributed by atoms with Crippen molar-refractivity contribution in [3.8, 4) is 5.69 Å². The SMILES string of the molecule is CNC(=O)c1ccc([N+](=O)[O-])c(-n2ccnc2CCN)c1. The predicted octanol–water partition coefficient (Wildman–Crippen LogP) is 0.641. The Balaban J connectivity index is 2.60. The van der Waals surface area contributed by atoms with E-state index in [0.717, 1.165) is 0 Å². The molecule has 0 bridgehead atoms. The molecule has 0 aliphatic heterocycles. The molecule has 3 N–H and O–H groups in total. The summed E-state index contributed by atoms with van der Waals surface area (Å²) in [6, 6.07) is 4.20. The molecule has 0 fully saturated rings. The largest absolute Gasteiger partial charge is 0.355 e. The Bertz CT molecular complexity index is 680. The number of aromatic nitrogens is 2. The lowest BCUT2D eigenvalue weighted by Crippen LogP contribution is -2.18. The highest BCUT2D eigenvalue weighted by Gasteiger charge is 2.19. The molecule has 8 heteroatoms. The number of carbonyl (C=O) groups excluding carboxylic acids is 1. The van der Waals surface area contributed by atoms with Gasteiger partial charge in [0.15, 0.2) is 0 Å². The number of hydrogen-bond acceptors (Lipinski definition) is 5. The van der Waals surface area contributed by atoms with Crippen molar-refractivity contribution >= 4 is 11.6 Å². The molecule has 0 atom stereocenters. The lowest BCUT2D eigenvalue weighted by molar-refractivity contribution is -0.384. The second-order valence-corrected chi connectivity index (χ2v) is 4.29. The monoisotopic (exact) mass is 289 g/mol. The van der Waals surface area contributed by atoms with Gasteiger partial charge in [0.05, 0.1) is 4.92 Å². The Morgan fingerprint density at radius 3 is 2.90 bits per heavy atom. The smallest absolute Gasteiger partial charge is 0.293 e. The van der Waals surface area contributed by atoms with Crippen LogP contribution < -0.4 is 11.1 Å². The van der Waals surface area contributed by atoms with E-state index in [1.807, 2.05) is 0 Å². The summed E-state index contributed by atoms with van der Waals surface area (Å²) < 4.78 is 1.58. The number of imidazole rings is 1. The highest BCUT2D eigenvalue weighted by molar-refractivity contribution is 5.95. The third-order valence-electron chi connectivity index (χ3n) is 3.01. The second-order valence-electron chi connectivity index (χ2n) is 4.29. The fourth-order valence-electron chi connectivity index (χ4n) is 2.02. The first-order valence-corrected chi connectivity index (χ1v) is 6.31. The Kier molecular flexibility index (Phi) is 4.29. The third-order valence-corrected chi connectivity index (χ3v) is 3.01. The number of hydrogen-bond donors (Lipinski definition) is 2. The minimum absolute atomic E-state index is 0.0982. The minimum Gasteiger partial charge on any atom is -0.355 e. The second kappa shape index (κ2) is 6.14. The molecular formula is C13H15N5O3. The molecule has 2 aromatic rings. The van der Waals surface area contributed by atoms with Gasteiger partial charge >= 0.3 is 0 Å². The number of rotatable bonds is 5. The van der Waals surface area contributed by atoms with Gasteiger partial charge < -0.3 is 11.1 Å². The van der Waals surface area contributed by atoms with E-state index >= 15 is 0 Å². The minimum atomic E-state index is -0.491. The van der Waals surface area contributed by atoms with Crippen LogP contribution in [0.2, 0.25) is 0 Å². The molecule has 1 aromatic heterocycles. The van der Waals surface area contributed by atoms with Crippen LogP contribution in [-0.4, -0.2) is 34.0 Å². The van der Waals surface area contributed by atoms with Crippen molar-refractivity contribution in [2.24, 2.45) is 5.73 Å². The van der Waals surface area contributed by atoms with Crippen molar-refractivity contribution in [3.05, 3.63) is 52.1 Å². The van der Waals surface area contributed by atoms with Gasteiger partial charge in [-0.15, -0.1) is 0 Å². The van der Waals surface area contributed by atoms with E-state index in [9.17, 15) is 14.9 Å². The zero-order valence-electron chi connectivity index (χ0n) is 11.4. The van der Waals surface area contributed by atoms with E-state index in [0.29, 0.717) is 30.0 Å². The molecule has 0 unspecified atom stereocenters. The Hall–Kier alpha value is -2.74. The summed E-state index contributed by atoms with van der Waals surface area (Å²) in [6.07, 6.45) is 3.64. The lowest BCUT2D eigenvalue weighted by Gasteiger charge is -2.09. The highest BCUT2D eigenvalue weighted by atomic mass is 16.6. The summed E-state index contributed by atoms with van der Waals surface area (Å²) in [6.45, 7) is 0.375. The Morgan fingerprint density at radius 2 is 2.29 bits per heavy atom. The van der Waals surface area contributed by atoms with Crippen molar-refractivity contribution in [2.45, 2.75) is 6.42 Å². The van der Waals surface area contributed by atoms with E-state index < -0.39 is 4.92 Å². The van der Waals surface area contributed by atoms with Crippen LogP contribution in [0.5, 0.6) is 0 Å². The molecule has 110 valence electrons. The van der Waals surface area contributed by atoms with Crippen LogP contribution in [0.1, 0.15) is 16.2 Å². The zero-order chi connectivity index (χ0) is 15.4. The number of nitrogens with one attached hydrogen (secondary N) is 1. The average Bonchev–Trinajstić information content (AvgIpc) is 2.94. The maximum Gasteiger partial charge on any atom is 0.293 e. The molecule has 0 saturated heterocycles. The van der Waals surface area contributed by atoms with E-state index in [1.54, 1.807) is 17.0 Å². The molecule has 0 aliphatic rings. The standard InChI is InChI=1S/C13H15N5O3/c1-15-13(19)9-2-3-10(18(20)21)11(8-9)17-7-6-16-12(17)4-5-14/h2-3,6-8H,4-5,14H2,1H3,(H,15,19). The van der Waals surface area contributed by atoms with Crippen LogP contribution in [0, 0.1) is 10.1 Å². The molecular weight excluding hydrogens is 274 g/mol. The molecule has 8 nitrogen and oxygen atoms in total. The van der Waals surface area contributed by atoms with Gasteiger partial charge in [-0.1, -0.05) is 0 Å². The molecule has 0 radical (unpaired) electrons. The fourth-order valence-corrected chi connectivity index (χ4v) is 2.02. The summed E-state index contributed by atoms with van der Waals surface area (Å²) in [5.74, 6) is 0.293. The molecule has 0 spiro atoms. The first kappa shape index (κ1) is 14.7. The number of nitrogens with two attached hydrogens (primary N) is 1. The maximum absolute atomic E-state index is 11.7. The summed E-state index contributed by atoms with van der Waals surface area (Å²) in [5, 5.41) is 13.7. The molecule has 1 heterocycles. The van der Waals surface area contributed by atoms with Crippen LogP contribution in [0.4, 0.5) is 5.69 Å². The maximum atomic E-state index is 11.7. The lowest BCUT2D eigenvalue weighted by atomic mass is 10.1. The van der Waals surface area contributed by atoms with Gasteiger partial charge in [-0.25, -0.2) is 4.98 Å². The predicted molar refractivity (Wildman–Crippen MR) is 76.4 cm³/mol. The number of benzene rings is 1. The van der Waals surface area contributed by atoms with Crippen molar-refractivity contribution in [1.29, 1.82) is 0 Å². The van der Waals surface area contributed by atoms with Crippen molar-refractivity contribution in [3.63, 3.8) is 0 Å². The van der Waals surface area contributed by atoms with Crippen LogP contribution in [0.25, 0.3) is 5.69 Å². The number of nitrogens with zero attached hydrogens (tertiary/aromatic N) is 3. The van der Waals surface area contributed by atoms with Gasteiger partial charge in [-0.05, 0) is 18.7 Å². The van der Waals surface area contributed by atoms with E-state index in [4.69, 9.17) is 5.73 Å². The van der Waals surface area contributed by atoms with E-state index in [-0.39, 0.29) is 11.6 Å². The Morgan fingerprint density at radius 1 is 1.52 bits per heavy atom. The van der Waals surface area contributed by atoms with Crippen molar-refractivity contribution in [2.75, 3.05) is 13.6 Å². The number of carbonyl (C=O) groups is 1. The molecule has 0 aliphatic carbocycles. The van der Waals surface area contributed by atoms with Gasteiger partial charge in [0.25, 0.3) is 11.6 Å².